The highest BCUT2D eigenvalue weighted by atomic mass is 16.4. The average molecular weight is 286 g/mol. The summed E-state index contributed by atoms with van der Waals surface area (Å²) < 4.78 is 0. The summed E-state index contributed by atoms with van der Waals surface area (Å²) in [5, 5.41) is 23.9. The summed E-state index contributed by atoms with van der Waals surface area (Å²) in [5.41, 5.74) is 2.36. The maximum absolute atomic E-state index is 12.2. The van der Waals surface area contributed by atoms with E-state index in [0.29, 0.717) is 16.5 Å². The van der Waals surface area contributed by atoms with Gasteiger partial charge in [-0.05, 0) is 30.7 Å². The number of carboxylic acid groups (broad SMARTS) is 1. The first-order valence-corrected chi connectivity index (χ1v) is 6.21. The number of carbonyl (C=O) groups is 2. The van der Waals surface area contributed by atoms with Crippen LogP contribution in [0.15, 0.2) is 35.4 Å². The molecule has 2 aromatic rings. The summed E-state index contributed by atoms with van der Waals surface area (Å²) >= 11 is 0. The molecule has 0 aromatic heterocycles. The summed E-state index contributed by atoms with van der Waals surface area (Å²) in [6, 6.07) is 8.06. The van der Waals surface area contributed by atoms with Crippen molar-refractivity contribution in [1.82, 2.24) is 5.43 Å². The Labute approximate surface area is 120 Å². The number of amides is 1. The summed E-state index contributed by atoms with van der Waals surface area (Å²) in [5.74, 6) is -2.51. The van der Waals surface area contributed by atoms with E-state index in [1.807, 2.05) is 0 Å². The third-order valence-electron chi connectivity index (χ3n) is 2.85. The van der Waals surface area contributed by atoms with Crippen molar-refractivity contribution < 1.29 is 19.8 Å². The lowest BCUT2D eigenvalue weighted by Gasteiger charge is -2.11. The van der Waals surface area contributed by atoms with Crippen molar-refractivity contribution in [3.8, 4) is 5.75 Å². The molecule has 1 amide bonds. The van der Waals surface area contributed by atoms with E-state index in [2.05, 4.69) is 10.5 Å². The van der Waals surface area contributed by atoms with E-state index in [9.17, 15) is 19.8 Å². The maximum Gasteiger partial charge on any atom is 0.340 e. The highest BCUT2D eigenvalue weighted by Crippen LogP contribution is 2.30. The molecule has 2 rings (SSSR count). The molecule has 6 heteroatoms. The fraction of sp³-hybridized carbons (Fsp3) is 0.133. The summed E-state index contributed by atoms with van der Waals surface area (Å²) in [6.07, 6.45) is 0. The first-order chi connectivity index (χ1) is 9.91. The zero-order valence-corrected chi connectivity index (χ0v) is 11.5. The SMILES string of the molecule is CC(C)=NNC(=O)c1c(C(=O)O)c(O)cc2ccccc12. The zero-order chi connectivity index (χ0) is 15.6. The van der Waals surface area contributed by atoms with Gasteiger partial charge in [-0.25, -0.2) is 10.2 Å². The summed E-state index contributed by atoms with van der Waals surface area (Å²) in [4.78, 5) is 23.6. The lowest BCUT2D eigenvalue weighted by atomic mass is 9.97. The summed E-state index contributed by atoms with van der Waals surface area (Å²) in [7, 11) is 0. The molecular formula is C15H14N2O4. The van der Waals surface area contributed by atoms with Gasteiger partial charge in [0.25, 0.3) is 5.91 Å². The predicted octanol–water partition coefficient (Wildman–Crippen LogP) is 2.37. The number of carbonyl (C=O) groups excluding carboxylic acids is 1. The minimum absolute atomic E-state index is 0.108. The number of fused-ring (bicyclic) bond motifs is 1. The molecule has 0 aliphatic carbocycles. The zero-order valence-electron chi connectivity index (χ0n) is 11.5. The monoisotopic (exact) mass is 286 g/mol. The molecule has 0 aliphatic rings. The van der Waals surface area contributed by atoms with Gasteiger partial charge in [0.05, 0.1) is 5.56 Å². The molecule has 2 aromatic carbocycles. The van der Waals surface area contributed by atoms with Crippen LogP contribution in [0.5, 0.6) is 5.75 Å². The second-order valence-corrected chi connectivity index (χ2v) is 4.67. The van der Waals surface area contributed by atoms with Crippen molar-refractivity contribution in [2.75, 3.05) is 0 Å². The van der Waals surface area contributed by atoms with E-state index in [1.165, 1.54) is 6.07 Å². The van der Waals surface area contributed by atoms with Crippen LogP contribution in [0, 0.1) is 0 Å². The van der Waals surface area contributed by atoms with Crippen LogP contribution in [0.3, 0.4) is 0 Å². The first kappa shape index (κ1) is 14.5. The largest absolute Gasteiger partial charge is 0.507 e. The van der Waals surface area contributed by atoms with E-state index in [4.69, 9.17) is 0 Å². The van der Waals surface area contributed by atoms with Gasteiger partial charge >= 0.3 is 5.97 Å². The van der Waals surface area contributed by atoms with Gasteiger partial charge in [0.15, 0.2) is 0 Å². The van der Waals surface area contributed by atoms with Crippen molar-refractivity contribution in [2.24, 2.45) is 5.10 Å². The van der Waals surface area contributed by atoms with Crippen LogP contribution in [-0.4, -0.2) is 27.8 Å². The number of nitrogens with zero attached hydrogens (tertiary/aromatic N) is 1. The Kier molecular flexibility index (Phi) is 3.89. The fourth-order valence-corrected chi connectivity index (χ4v) is 2.00. The van der Waals surface area contributed by atoms with Gasteiger partial charge in [-0.15, -0.1) is 0 Å². The van der Waals surface area contributed by atoms with Crippen molar-refractivity contribution in [2.45, 2.75) is 13.8 Å². The van der Waals surface area contributed by atoms with Gasteiger partial charge in [0.1, 0.15) is 11.3 Å². The number of hydrogen-bond donors (Lipinski definition) is 3. The second kappa shape index (κ2) is 5.62. The Morgan fingerprint density at radius 3 is 2.43 bits per heavy atom. The number of hydrazone groups is 1. The topological polar surface area (TPSA) is 99.0 Å². The van der Waals surface area contributed by atoms with Crippen LogP contribution in [0.2, 0.25) is 0 Å². The van der Waals surface area contributed by atoms with E-state index in [1.54, 1.807) is 38.1 Å². The molecule has 0 heterocycles. The Hall–Kier alpha value is -2.89. The van der Waals surface area contributed by atoms with Gasteiger partial charge in [-0.2, -0.15) is 5.10 Å². The third-order valence-corrected chi connectivity index (χ3v) is 2.85. The van der Waals surface area contributed by atoms with Crippen molar-refractivity contribution in [1.29, 1.82) is 0 Å². The van der Waals surface area contributed by atoms with E-state index < -0.39 is 23.2 Å². The molecule has 21 heavy (non-hydrogen) atoms. The highest BCUT2D eigenvalue weighted by molar-refractivity contribution is 6.15. The number of rotatable bonds is 3. The number of nitrogens with one attached hydrogen (secondary N) is 1. The molecule has 0 bridgehead atoms. The third kappa shape index (κ3) is 2.84. The number of carboxylic acids is 1. The van der Waals surface area contributed by atoms with Crippen molar-refractivity contribution in [3.63, 3.8) is 0 Å². The van der Waals surface area contributed by atoms with Crippen molar-refractivity contribution >= 4 is 28.4 Å². The lowest BCUT2D eigenvalue weighted by Crippen LogP contribution is -2.22. The quantitative estimate of drug-likeness (QED) is 0.595. The number of aromatic hydroxyl groups is 1. The molecule has 0 aliphatic heterocycles. The Balaban J connectivity index is 2.73. The van der Waals surface area contributed by atoms with Crippen LogP contribution in [0.1, 0.15) is 34.6 Å². The molecule has 0 atom stereocenters. The maximum atomic E-state index is 12.2. The minimum atomic E-state index is -1.37. The van der Waals surface area contributed by atoms with Gasteiger partial charge in [0.2, 0.25) is 0 Å². The van der Waals surface area contributed by atoms with E-state index in [0.717, 1.165) is 0 Å². The van der Waals surface area contributed by atoms with Crippen LogP contribution >= 0.6 is 0 Å². The molecule has 0 saturated heterocycles. The van der Waals surface area contributed by atoms with Crippen LogP contribution in [0.4, 0.5) is 0 Å². The van der Waals surface area contributed by atoms with Crippen LogP contribution < -0.4 is 5.43 Å². The van der Waals surface area contributed by atoms with E-state index >= 15 is 0 Å². The molecule has 3 N–H and O–H groups in total. The number of benzene rings is 2. The predicted molar refractivity (Wildman–Crippen MR) is 78.8 cm³/mol. The van der Waals surface area contributed by atoms with Gasteiger partial charge in [0, 0.05) is 5.71 Å². The van der Waals surface area contributed by atoms with Crippen LogP contribution in [-0.2, 0) is 0 Å². The van der Waals surface area contributed by atoms with Crippen LogP contribution in [0.25, 0.3) is 10.8 Å². The Bertz CT molecular complexity index is 762. The normalized spacial score (nSPS) is 10.2. The molecule has 6 nitrogen and oxygen atoms in total. The Morgan fingerprint density at radius 1 is 1.14 bits per heavy atom. The lowest BCUT2D eigenvalue weighted by molar-refractivity contribution is 0.0688. The smallest absolute Gasteiger partial charge is 0.340 e. The van der Waals surface area contributed by atoms with Gasteiger partial charge < -0.3 is 10.2 Å². The van der Waals surface area contributed by atoms with Gasteiger partial charge in [-0.3, -0.25) is 4.79 Å². The first-order valence-electron chi connectivity index (χ1n) is 6.21. The average Bonchev–Trinajstić information content (AvgIpc) is 2.42. The number of aromatic carboxylic acids is 1. The van der Waals surface area contributed by atoms with E-state index in [-0.39, 0.29) is 5.56 Å². The molecule has 0 fully saturated rings. The van der Waals surface area contributed by atoms with Gasteiger partial charge in [-0.1, -0.05) is 24.3 Å². The molecule has 0 saturated carbocycles. The molecule has 0 spiro atoms. The fourth-order valence-electron chi connectivity index (χ4n) is 2.00. The highest BCUT2D eigenvalue weighted by Gasteiger charge is 2.23. The minimum Gasteiger partial charge on any atom is -0.507 e. The molecule has 0 radical (unpaired) electrons. The molecule has 0 unspecified atom stereocenters. The number of phenols is 1. The standard InChI is InChI=1S/C15H14N2O4/c1-8(2)16-17-14(19)12-10-6-4-3-5-9(10)7-11(18)13(12)15(20)21/h3-7,18H,1-2H3,(H,17,19)(H,20,21). The molecule has 108 valence electrons. The van der Waals surface area contributed by atoms with Crippen molar-refractivity contribution in [3.05, 3.63) is 41.5 Å². The Morgan fingerprint density at radius 2 is 1.81 bits per heavy atom. The summed E-state index contributed by atoms with van der Waals surface area (Å²) in [6.45, 7) is 3.39. The molecular weight excluding hydrogens is 272 g/mol. The second-order valence-electron chi connectivity index (χ2n) is 4.67. The number of hydrogen-bond acceptors (Lipinski definition) is 4.